The zero-order chi connectivity index (χ0) is 22.7. The van der Waals surface area contributed by atoms with Crippen molar-refractivity contribution in [1.82, 2.24) is 5.32 Å². The van der Waals surface area contributed by atoms with E-state index in [1.165, 1.54) is 6.08 Å². The first-order valence-corrected chi connectivity index (χ1v) is 10.6. The minimum Gasteiger partial charge on any atom is -0.490 e. The third-order valence-electron chi connectivity index (χ3n) is 4.81. The number of urea groups is 1. The molecular weight excluding hydrogens is 464 g/mol. The van der Waals surface area contributed by atoms with E-state index in [-0.39, 0.29) is 5.57 Å². The quantitative estimate of drug-likeness (QED) is 0.478. The maximum absolute atomic E-state index is 13.1. The molecule has 1 N–H and O–H groups in total. The van der Waals surface area contributed by atoms with E-state index < -0.39 is 17.8 Å². The van der Waals surface area contributed by atoms with Crippen LogP contribution in [0.4, 0.5) is 10.5 Å². The molecule has 0 atom stereocenters. The van der Waals surface area contributed by atoms with Gasteiger partial charge in [-0.3, -0.25) is 14.9 Å². The smallest absolute Gasteiger partial charge is 0.335 e. The second-order valence-electron chi connectivity index (χ2n) is 6.91. The van der Waals surface area contributed by atoms with Crippen LogP contribution in [0.5, 0.6) is 11.5 Å². The molecule has 0 radical (unpaired) electrons. The fourth-order valence-corrected chi connectivity index (χ4v) is 3.55. The van der Waals surface area contributed by atoms with Crippen molar-refractivity contribution >= 4 is 45.5 Å². The number of hydrogen-bond acceptors (Lipinski definition) is 5. The number of ether oxygens (including phenoxy) is 2. The first-order chi connectivity index (χ1) is 14.8. The molecule has 0 bridgehead atoms. The van der Waals surface area contributed by atoms with Gasteiger partial charge in [-0.2, -0.15) is 0 Å². The highest BCUT2D eigenvalue weighted by atomic mass is 79.9. The Morgan fingerprint density at radius 3 is 2.23 bits per heavy atom. The van der Waals surface area contributed by atoms with Crippen molar-refractivity contribution in [2.45, 2.75) is 27.7 Å². The van der Waals surface area contributed by atoms with Gasteiger partial charge < -0.3 is 9.47 Å². The van der Waals surface area contributed by atoms with E-state index in [0.717, 1.165) is 16.0 Å². The van der Waals surface area contributed by atoms with Gasteiger partial charge in [-0.05, 0) is 74.7 Å². The van der Waals surface area contributed by atoms with E-state index >= 15 is 0 Å². The maximum atomic E-state index is 13.1. The third-order valence-corrected chi connectivity index (χ3v) is 5.50. The van der Waals surface area contributed by atoms with Crippen LogP contribution in [0.3, 0.4) is 0 Å². The van der Waals surface area contributed by atoms with Crippen molar-refractivity contribution in [2.24, 2.45) is 0 Å². The fourth-order valence-electron chi connectivity index (χ4n) is 3.11. The molecule has 0 unspecified atom stereocenters. The van der Waals surface area contributed by atoms with Gasteiger partial charge >= 0.3 is 6.03 Å². The van der Waals surface area contributed by atoms with Crippen LogP contribution < -0.4 is 19.7 Å². The number of aryl methyl sites for hydroxylation is 2. The summed E-state index contributed by atoms with van der Waals surface area (Å²) < 4.78 is 11.8. The van der Waals surface area contributed by atoms with Crippen molar-refractivity contribution in [2.75, 3.05) is 18.1 Å². The number of carbonyl (C=O) groups is 3. The minimum absolute atomic E-state index is 0.162. The van der Waals surface area contributed by atoms with Crippen LogP contribution >= 0.6 is 15.9 Å². The van der Waals surface area contributed by atoms with Crippen LogP contribution in [0.2, 0.25) is 0 Å². The van der Waals surface area contributed by atoms with Crippen LogP contribution in [-0.2, 0) is 9.59 Å². The molecule has 1 heterocycles. The van der Waals surface area contributed by atoms with Gasteiger partial charge in [-0.25, -0.2) is 9.69 Å². The Kier molecular flexibility index (Phi) is 6.80. The number of nitrogens with one attached hydrogen (secondary N) is 1. The van der Waals surface area contributed by atoms with E-state index in [1.54, 1.807) is 24.3 Å². The summed E-state index contributed by atoms with van der Waals surface area (Å²) in [4.78, 5) is 39.0. The summed E-state index contributed by atoms with van der Waals surface area (Å²) in [6.07, 6.45) is 1.43. The predicted molar refractivity (Wildman–Crippen MR) is 121 cm³/mol. The topological polar surface area (TPSA) is 84.9 Å². The summed E-state index contributed by atoms with van der Waals surface area (Å²) >= 11 is 3.45. The summed E-state index contributed by atoms with van der Waals surface area (Å²) in [5.74, 6) is -0.417. The average molecular weight is 487 g/mol. The molecular formula is C23H23BrN2O5. The van der Waals surface area contributed by atoms with Gasteiger partial charge in [0.25, 0.3) is 11.8 Å². The number of benzene rings is 2. The molecule has 162 valence electrons. The molecule has 0 spiro atoms. The Morgan fingerprint density at radius 1 is 0.968 bits per heavy atom. The van der Waals surface area contributed by atoms with Crippen molar-refractivity contribution < 1.29 is 23.9 Å². The molecule has 0 aliphatic carbocycles. The van der Waals surface area contributed by atoms with E-state index in [2.05, 4.69) is 21.2 Å². The number of barbiturate groups is 1. The monoisotopic (exact) mass is 486 g/mol. The normalized spacial score (nSPS) is 15.3. The first-order valence-electron chi connectivity index (χ1n) is 9.84. The van der Waals surface area contributed by atoms with E-state index in [1.807, 2.05) is 33.8 Å². The molecule has 3 rings (SSSR count). The van der Waals surface area contributed by atoms with E-state index in [0.29, 0.717) is 40.4 Å². The van der Waals surface area contributed by atoms with Crippen molar-refractivity contribution in [3.05, 3.63) is 57.1 Å². The summed E-state index contributed by atoms with van der Waals surface area (Å²) in [6.45, 7) is 8.42. The number of carbonyl (C=O) groups excluding carboxylic acids is 3. The third kappa shape index (κ3) is 4.64. The van der Waals surface area contributed by atoms with Crippen LogP contribution in [0.1, 0.15) is 30.5 Å². The van der Waals surface area contributed by atoms with Gasteiger partial charge in [0, 0.05) is 4.47 Å². The molecule has 4 amide bonds. The average Bonchev–Trinajstić information content (AvgIpc) is 2.71. The lowest BCUT2D eigenvalue weighted by Crippen LogP contribution is -2.54. The molecule has 8 heteroatoms. The molecule has 1 aliphatic heterocycles. The SMILES string of the molecule is CCOc1cc(Br)c(/C=C2\C(=O)NC(=O)N(c3ccc(C)c(C)c3)C2=O)cc1OCC. The lowest BCUT2D eigenvalue weighted by molar-refractivity contribution is -0.122. The predicted octanol–water partition coefficient (Wildman–Crippen LogP) is 4.53. The number of imide groups is 2. The summed E-state index contributed by atoms with van der Waals surface area (Å²) in [5, 5.41) is 2.24. The van der Waals surface area contributed by atoms with Crippen molar-refractivity contribution in [1.29, 1.82) is 0 Å². The second kappa shape index (κ2) is 9.34. The second-order valence-corrected chi connectivity index (χ2v) is 7.77. The number of rotatable bonds is 6. The minimum atomic E-state index is -0.781. The standard InChI is InChI=1S/C23H23BrN2O5/c1-5-30-19-11-15(18(24)12-20(19)31-6-2)10-17-21(27)25-23(29)26(22(17)28)16-8-7-13(3)14(4)9-16/h7-12H,5-6H2,1-4H3,(H,25,27,29)/b17-10+. The molecule has 1 aliphatic rings. The Balaban J connectivity index is 2.05. The Morgan fingerprint density at radius 2 is 1.61 bits per heavy atom. The molecule has 0 aromatic heterocycles. The zero-order valence-corrected chi connectivity index (χ0v) is 19.3. The zero-order valence-electron chi connectivity index (χ0n) is 17.7. The lowest BCUT2D eigenvalue weighted by atomic mass is 10.0. The molecule has 2 aromatic rings. The Hall–Kier alpha value is -3.13. The summed E-state index contributed by atoms with van der Waals surface area (Å²) in [6, 6.07) is 7.85. The highest BCUT2D eigenvalue weighted by molar-refractivity contribution is 9.10. The molecule has 0 saturated carbocycles. The van der Waals surface area contributed by atoms with Crippen molar-refractivity contribution in [3.8, 4) is 11.5 Å². The highest BCUT2D eigenvalue weighted by Gasteiger charge is 2.37. The van der Waals surface area contributed by atoms with Gasteiger partial charge in [-0.1, -0.05) is 22.0 Å². The first kappa shape index (κ1) is 22.6. The molecule has 31 heavy (non-hydrogen) atoms. The van der Waals surface area contributed by atoms with Gasteiger partial charge in [0.15, 0.2) is 11.5 Å². The molecule has 1 fully saturated rings. The van der Waals surface area contributed by atoms with E-state index in [9.17, 15) is 14.4 Å². The number of hydrogen-bond donors (Lipinski definition) is 1. The number of nitrogens with zero attached hydrogens (tertiary/aromatic N) is 1. The van der Waals surface area contributed by atoms with Gasteiger partial charge in [0.2, 0.25) is 0 Å². The van der Waals surface area contributed by atoms with Crippen LogP contribution in [0.25, 0.3) is 6.08 Å². The Bertz CT molecular complexity index is 1090. The number of halogens is 1. The van der Waals surface area contributed by atoms with Crippen LogP contribution in [0.15, 0.2) is 40.4 Å². The van der Waals surface area contributed by atoms with E-state index in [4.69, 9.17) is 9.47 Å². The maximum Gasteiger partial charge on any atom is 0.335 e. The number of amides is 4. The van der Waals surface area contributed by atoms with Crippen molar-refractivity contribution in [3.63, 3.8) is 0 Å². The number of anilines is 1. The largest absolute Gasteiger partial charge is 0.490 e. The molecule has 7 nitrogen and oxygen atoms in total. The van der Waals surface area contributed by atoms with Gasteiger partial charge in [-0.15, -0.1) is 0 Å². The van der Waals surface area contributed by atoms with Gasteiger partial charge in [0.1, 0.15) is 5.57 Å². The summed E-state index contributed by atoms with van der Waals surface area (Å²) in [7, 11) is 0. The van der Waals surface area contributed by atoms with Crippen LogP contribution in [-0.4, -0.2) is 31.1 Å². The Labute approximate surface area is 189 Å². The molecule has 1 saturated heterocycles. The summed E-state index contributed by atoms with van der Waals surface area (Å²) in [5.41, 5.74) is 2.73. The van der Waals surface area contributed by atoms with Crippen LogP contribution in [0, 0.1) is 13.8 Å². The molecule has 2 aromatic carbocycles. The van der Waals surface area contributed by atoms with Gasteiger partial charge in [0.05, 0.1) is 18.9 Å². The fraction of sp³-hybridized carbons (Fsp3) is 0.261. The highest BCUT2D eigenvalue weighted by Crippen LogP contribution is 2.35. The lowest BCUT2D eigenvalue weighted by Gasteiger charge is -2.27.